The molecule has 0 heterocycles. The Balaban J connectivity index is 1.81. The van der Waals surface area contributed by atoms with Crippen LogP contribution in [0, 0.1) is 6.92 Å². The van der Waals surface area contributed by atoms with Crippen LogP contribution in [0.15, 0.2) is 71.6 Å². The standard InChI is InChI=1S/C24H25N3O6S/c1-4-33-24(29)26-18-9-7-8-17(14-18)23(28)25-19-13-12-16(2)22(15-19)34(30,31)27-20-10-5-6-11-21(20)32-3/h5-15,27H,4H2,1-3H3,(H,25,28)(H,26,29). The van der Waals surface area contributed by atoms with Gasteiger partial charge in [-0.2, -0.15) is 0 Å². The summed E-state index contributed by atoms with van der Waals surface area (Å²) >= 11 is 0. The summed E-state index contributed by atoms with van der Waals surface area (Å²) in [4.78, 5) is 24.4. The van der Waals surface area contributed by atoms with E-state index < -0.39 is 22.0 Å². The number of sulfonamides is 1. The van der Waals surface area contributed by atoms with Gasteiger partial charge in [-0.15, -0.1) is 0 Å². The summed E-state index contributed by atoms with van der Waals surface area (Å²) in [6.45, 7) is 3.56. The zero-order chi connectivity index (χ0) is 24.7. The maximum atomic E-state index is 13.1. The molecule has 0 aromatic heterocycles. The van der Waals surface area contributed by atoms with E-state index >= 15 is 0 Å². The van der Waals surface area contributed by atoms with Crippen LogP contribution >= 0.6 is 0 Å². The molecule has 0 bridgehead atoms. The van der Waals surface area contributed by atoms with Crippen molar-refractivity contribution in [3.8, 4) is 5.75 Å². The van der Waals surface area contributed by atoms with Crippen molar-refractivity contribution < 1.29 is 27.5 Å². The molecular weight excluding hydrogens is 458 g/mol. The third kappa shape index (κ3) is 6.04. The highest BCUT2D eigenvalue weighted by molar-refractivity contribution is 7.92. The molecule has 34 heavy (non-hydrogen) atoms. The maximum Gasteiger partial charge on any atom is 0.411 e. The molecule has 0 saturated heterocycles. The molecule has 3 aromatic carbocycles. The molecule has 3 aromatic rings. The number of anilines is 3. The molecule has 0 aliphatic rings. The molecule has 178 valence electrons. The molecule has 3 rings (SSSR count). The minimum Gasteiger partial charge on any atom is -0.495 e. The zero-order valence-corrected chi connectivity index (χ0v) is 19.7. The van der Waals surface area contributed by atoms with Crippen molar-refractivity contribution in [2.45, 2.75) is 18.7 Å². The summed E-state index contributed by atoms with van der Waals surface area (Å²) in [7, 11) is -2.52. The number of ether oxygens (including phenoxy) is 2. The Morgan fingerprint density at radius 2 is 1.65 bits per heavy atom. The number of rotatable bonds is 8. The predicted octanol–water partition coefficient (Wildman–Crippen LogP) is 4.63. The smallest absolute Gasteiger partial charge is 0.411 e. The molecule has 0 spiro atoms. The molecule has 0 aliphatic carbocycles. The van der Waals surface area contributed by atoms with Crippen LogP contribution in [-0.2, 0) is 14.8 Å². The Hall–Kier alpha value is -4.05. The van der Waals surface area contributed by atoms with Gasteiger partial charge in [0, 0.05) is 16.9 Å². The number of amides is 2. The summed E-state index contributed by atoms with van der Waals surface area (Å²) in [5.41, 5.74) is 1.75. The topological polar surface area (TPSA) is 123 Å². The molecule has 3 N–H and O–H groups in total. The lowest BCUT2D eigenvalue weighted by atomic mass is 10.1. The van der Waals surface area contributed by atoms with Crippen LogP contribution < -0.4 is 20.1 Å². The lowest BCUT2D eigenvalue weighted by molar-refractivity contribution is 0.102. The van der Waals surface area contributed by atoms with Crippen molar-refractivity contribution in [3.63, 3.8) is 0 Å². The number of methoxy groups -OCH3 is 1. The average Bonchev–Trinajstić information content (AvgIpc) is 2.80. The van der Waals surface area contributed by atoms with Crippen molar-refractivity contribution >= 4 is 39.1 Å². The van der Waals surface area contributed by atoms with Gasteiger partial charge < -0.3 is 14.8 Å². The van der Waals surface area contributed by atoms with Gasteiger partial charge in [0.15, 0.2) is 0 Å². The number of hydrogen-bond donors (Lipinski definition) is 3. The number of nitrogens with one attached hydrogen (secondary N) is 3. The van der Waals surface area contributed by atoms with Crippen LogP contribution in [0.2, 0.25) is 0 Å². The summed E-state index contributed by atoms with van der Waals surface area (Å²) in [6, 6.07) is 17.5. The van der Waals surface area contributed by atoms with Crippen molar-refractivity contribution in [1.29, 1.82) is 0 Å². The van der Waals surface area contributed by atoms with E-state index in [9.17, 15) is 18.0 Å². The van der Waals surface area contributed by atoms with Gasteiger partial charge in [0.05, 0.1) is 24.3 Å². The van der Waals surface area contributed by atoms with Crippen LogP contribution in [0.25, 0.3) is 0 Å². The first-order valence-electron chi connectivity index (χ1n) is 10.3. The van der Waals surface area contributed by atoms with E-state index in [-0.39, 0.29) is 17.1 Å². The van der Waals surface area contributed by atoms with E-state index in [1.54, 1.807) is 68.4 Å². The molecule has 9 nitrogen and oxygen atoms in total. The van der Waals surface area contributed by atoms with Gasteiger partial charge in [-0.1, -0.05) is 24.3 Å². The second-order valence-electron chi connectivity index (χ2n) is 7.17. The predicted molar refractivity (Wildman–Crippen MR) is 130 cm³/mol. The molecule has 0 saturated carbocycles. The van der Waals surface area contributed by atoms with Crippen molar-refractivity contribution in [2.24, 2.45) is 0 Å². The Morgan fingerprint density at radius 3 is 2.38 bits per heavy atom. The van der Waals surface area contributed by atoms with Crippen LogP contribution in [0.4, 0.5) is 21.9 Å². The Kier molecular flexibility index (Phi) is 7.75. The van der Waals surface area contributed by atoms with E-state index in [1.165, 1.54) is 19.2 Å². The first-order chi connectivity index (χ1) is 16.2. The summed E-state index contributed by atoms with van der Waals surface area (Å²) in [6.07, 6.45) is -0.629. The second kappa shape index (κ2) is 10.7. The lowest BCUT2D eigenvalue weighted by Gasteiger charge is -2.14. The quantitative estimate of drug-likeness (QED) is 0.429. The lowest BCUT2D eigenvalue weighted by Crippen LogP contribution is -2.17. The maximum absolute atomic E-state index is 13.1. The van der Waals surface area contributed by atoms with Gasteiger partial charge >= 0.3 is 6.09 Å². The summed E-state index contributed by atoms with van der Waals surface area (Å²) in [5, 5.41) is 5.22. The van der Waals surface area contributed by atoms with Gasteiger partial charge in [0.1, 0.15) is 5.75 Å². The number of benzene rings is 3. The molecule has 0 radical (unpaired) electrons. The number of carbonyl (C=O) groups is 2. The summed E-state index contributed by atoms with van der Waals surface area (Å²) in [5.74, 6) is -0.0955. The monoisotopic (exact) mass is 483 g/mol. The fraction of sp³-hybridized carbons (Fsp3) is 0.167. The average molecular weight is 484 g/mol. The molecule has 0 fully saturated rings. The highest BCUT2D eigenvalue weighted by atomic mass is 32.2. The summed E-state index contributed by atoms with van der Waals surface area (Å²) < 4.78 is 38.7. The number of para-hydroxylation sites is 2. The minimum atomic E-state index is -3.97. The Morgan fingerprint density at radius 1 is 0.912 bits per heavy atom. The molecule has 10 heteroatoms. The largest absolute Gasteiger partial charge is 0.495 e. The van der Waals surface area contributed by atoms with Gasteiger partial charge in [-0.05, 0) is 61.9 Å². The SMILES string of the molecule is CCOC(=O)Nc1cccc(C(=O)Nc2ccc(C)c(S(=O)(=O)Nc3ccccc3OC)c2)c1. The fourth-order valence-electron chi connectivity index (χ4n) is 3.12. The van der Waals surface area contributed by atoms with E-state index in [1.807, 2.05) is 0 Å². The van der Waals surface area contributed by atoms with Gasteiger partial charge in [-0.25, -0.2) is 13.2 Å². The van der Waals surface area contributed by atoms with E-state index in [0.717, 1.165) is 0 Å². The fourth-order valence-corrected chi connectivity index (χ4v) is 4.46. The van der Waals surface area contributed by atoms with Crippen molar-refractivity contribution in [3.05, 3.63) is 77.9 Å². The molecular formula is C24H25N3O6S. The molecule has 0 aliphatic heterocycles. The van der Waals surface area contributed by atoms with Crippen molar-refractivity contribution in [1.82, 2.24) is 0 Å². The number of aryl methyl sites for hydroxylation is 1. The Bertz CT molecular complexity index is 1310. The molecule has 0 unspecified atom stereocenters. The third-order valence-electron chi connectivity index (χ3n) is 4.73. The van der Waals surface area contributed by atoms with Crippen LogP contribution in [0.3, 0.4) is 0 Å². The van der Waals surface area contributed by atoms with E-state index in [4.69, 9.17) is 9.47 Å². The molecule has 0 atom stereocenters. The van der Waals surface area contributed by atoms with Crippen LogP contribution in [-0.4, -0.2) is 34.1 Å². The van der Waals surface area contributed by atoms with Crippen LogP contribution in [0.5, 0.6) is 5.75 Å². The van der Waals surface area contributed by atoms with Crippen LogP contribution in [0.1, 0.15) is 22.8 Å². The third-order valence-corrected chi connectivity index (χ3v) is 6.24. The highest BCUT2D eigenvalue weighted by Crippen LogP contribution is 2.28. The first-order valence-corrected chi connectivity index (χ1v) is 11.8. The minimum absolute atomic E-state index is 0.00827. The van der Waals surface area contributed by atoms with E-state index in [2.05, 4.69) is 15.4 Å². The van der Waals surface area contributed by atoms with Gasteiger partial charge in [0.2, 0.25) is 0 Å². The normalized spacial score (nSPS) is 10.8. The number of hydrogen-bond acceptors (Lipinski definition) is 6. The highest BCUT2D eigenvalue weighted by Gasteiger charge is 2.20. The van der Waals surface area contributed by atoms with Gasteiger partial charge in [0.25, 0.3) is 15.9 Å². The zero-order valence-electron chi connectivity index (χ0n) is 18.9. The van der Waals surface area contributed by atoms with E-state index in [0.29, 0.717) is 28.4 Å². The first kappa shape index (κ1) is 24.6. The van der Waals surface area contributed by atoms with Gasteiger partial charge in [-0.3, -0.25) is 14.8 Å². The second-order valence-corrected chi connectivity index (χ2v) is 8.82. The number of carbonyl (C=O) groups excluding carboxylic acids is 2. The molecule has 2 amide bonds. The Labute approximate surface area is 198 Å². The van der Waals surface area contributed by atoms with Crippen molar-refractivity contribution in [2.75, 3.05) is 29.1 Å².